The maximum atomic E-state index is 12.9. The highest BCUT2D eigenvalue weighted by Crippen LogP contribution is 2.16. The molecule has 1 atom stereocenters. The molecule has 4 nitrogen and oxygen atoms in total. The Hall–Kier alpha value is -0.790. The number of nitrogens with zero attached hydrogens (tertiary/aromatic N) is 4. The molecule has 2 heterocycles. The minimum Gasteiger partial charge on any atom is -0.249 e. The lowest BCUT2D eigenvalue weighted by Gasteiger charge is -2.05. The number of aromatic nitrogens is 4. The Morgan fingerprint density at radius 2 is 2.19 bits per heavy atom. The van der Waals surface area contributed by atoms with Crippen molar-refractivity contribution in [2.75, 3.05) is 0 Å². The molecule has 6 heteroatoms. The van der Waals surface area contributed by atoms with Crippen LogP contribution in [-0.2, 0) is 6.54 Å². The van der Waals surface area contributed by atoms with E-state index in [1.165, 1.54) is 0 Å². The molecule has 0 aliphatic rings. The van der Waals surface area contributed by atoms with Gasteiger partial charge in [-0.25, -0.2) is 19.0 Å². The van der Waals surface area contributed by atoms with Gasteiger partial charge in [-0.15, -0.1) is 0 Å². The molecule has 0 bridgehead atoms. The summed E-state index contributed by atoms with van der Waals surface area (Å²) in [7, 11) is 0. The molecule has 2 rings (SSSR count). The van der Waals surface area contributed by atoms with Crippen LogP contribution in [0.25, 0.3) is 11.2 Å². The molecule has 0 saturated carbocycles. The fraction of sp³-hybridized carbons (Fsp3) is 0.500. The predicted octanol–water partition coefficient (Wildman–Crippen LogP) is 2.68. The molecule has 0 fully saturated rings. The first-order valence-corrected chi connectivity index (χ1v) is 6.29. The fourth-order valence-corrected chi connectivity index (χ4v) is 1.78. The Kier molecular flexibility index (Phi) is 3.36. The first-order valence-electron chi connectivity index (χ1n) is 5.04. The highest BCUT2D eigenvalue weighted by atomic mass is 127. The lowest BCUT2D eigenvalue weighted by atomic mass is 10.1. The van der Waals surface area contributed by atoms with E-state index in [0.717, 1.165) is 5.69 Å². The maximum absolute atomic E-state index is 12.9. The largest absolute Gasteiger partial charge is 0.249 e. The number of halogens is 2. The number of hydrogen-bond donors (Lipinski definition) is 0. The number of fused-ring (bicyclic) bond motifs is 1. The van der Waals surface area contributed by atoms with Crippen molar-refractivity contribution in [1.29, 1.82) is 0 Å². The van der Waals surface area contributed by atoms with Crippen LogP contribution in [0.3, 0.4) is 0 Å². The van der Waals surface area contributed by atoms with Crippen molar-refractivity contribution >= 4 is 33.8 Å². The van der Waals surface area contributed by atoms with E-state index in [4.69, 9.17) is 0 Å². The topological polar surface area (TPSA) is 43.6 Å². The zero-order valence-corrected chi connectivity index (χ0v) is 11.2. The number of rotatable bonds is 3. The standard InChI is InChI=1S/C10H12FIN4/c1-6(2)7-3-13-8-4-14-16(5-9(11)12)10(8)15-7/h3-4,6,9H,5H2,1-2H3. The normalized spacial score (nSPS) is 13.6. The van der Waals surface area contributed by atoms with Gasteiger partial charge in [-0.05, 0) is 28.5 Å². The van der Waals surface area contributed by atoms with Gasteiger partial charge in [-0.2, -0.15) is 5.10 Å². The summed E-state index contributed by atoms with van der Waals surface area (Å²) in [6.45, 7) is 4.31. The van der Waals surface area contributed by atoms with Gasteiger partial charge in [-0.1, -0.05) is 13.8 Å². The van der Waals surface area contributed by atoms with E-state index in [-0.39, 0.29) is 6.54 Å². The van der Waals surface area contributed by atoms with Crippen LogP contribution in [0.5, 0.6) is 0 Å². The third-order valence-corrected chi connectivity index (χ3v) is 2.66. The van der Waals surface area contributed by atoms with Gasteiger partial charge < -0.3 is 0 Å². The van der Waals surface area contributed by atoms with E-state index < -0.39 is 4.18 Å². The molecule has 0 radical (unpaired) electrons. The summed E-state index contributed by atoms with van der Waals surface area (Å²) in [5.74, 6) is 0.307. The molecule has 2 aromatic heterocycles. The van der Waals surface area contributed by atoms with Gasteiger partial charge in [0, 0.05) is 6.20 Å². The molecule has 0 aliphatic carbocycles. The van der Waals surface area contributed by atoms with E-state index >= 15 is 0 Å². The average Bonchev–Trinajstić information content (AvgIpc) is 2.60. The minimum absolute atomic E-state index is 0.209. The van der Waals surface area contributed by atoms with E-state index in [1.54, 1.807) is 39.7 Å². The van der Waals surface area contributed by atoms with Crippen LogP contribution in [0, 0.1) is 0 Å². The van der Waals surface area contributed by atoms with Gasteiger partial charge in [0.1, 0.15) is 5.52 Å². The van der Waals surface area contributed by atoms with E-state index in [2.05, 4.69) is 15.1 Å². The molecule has 2 aromatic rings. The van der Waals surface area contributed by atoms with Gasteiger partial charge in [0.25, 0.3) is 0 Å². The van der Waals surface area contributed by atoms with Crippen molar-refractivity contribution in [3.63, 3.8) is 0 Å². The Labute approximate surface area is 106 Å². The molecule has 1 unspecified atom stereocenters. The first kappa shape index (κ1) is 11.7. The summed E-state index contributed by atoms with van der Waals surface area (Å²) < 4.78 is 13.5. The van der Waals surface area contributed by atoms with Crippen LogP contribution >= 0.6 is 22.6 Å². The molecule has 0 aromatic carbocycles. The highest BCUT2D eigenvalue weighted by Gasteiger charge is 2.11. The lowest BCUT2D eigenvalue weighted by molar-refractivity contribution is 0.410. The minimum atomic E-state index is -0.967. The monoisotopic (exact) mass is 334 g/mol. The lowest BCUT2D eigenvalue weighted by Crippen LogP contribution is -2.08. The number of hydrogen-bond acceptors (Lipinski definition) is 3. The van der Waals surface area contributed by atoms with Crippen LogP contribution in [0.15, 0.2) is 12.4 Å². The predicted molar refractivity (Wildman–Crippen MR) is 68.3 cm³/mol. The summed E-state index contributed by atoms with van der Waals surface area (Å²) in [5, 5.41) is 4.08. The molecule has 86 valence electrons. The zero-order chi connectivity index (χ0) is 11.7. The third kappa shape index (κ3) is 2.31. The van der Waals surface area contributed by atoms with Crippen molar-refractivity contribution in [3.8, 4) is 0 Å². The van der Waals surface area contributed by atoms with Crippen LogP contribution < -0.4 is 0 Å². The summed E-state index contributed by atoms with van der Waals surface area (Å²) in [6.07, 6.45) is 3.36. The Morgan fingerprint density at radius 1 is 1.44 bits per heavy atom. The van der Waals surface area contributed by atoms with E-state index in [9.17, 15) is 4.39 Å². The molecule has 0 aliphatic heterocycles. The molecule has 0 amide bonds. The maximum Gasteiger partial charge on any atom is 0.177 e. The summed E-state index contributed by atoms with van der Waals surface area (Å²) in [4.78, 5) is 8.72. The highest BCUT2D eigenvalue weighted by molar-refractivity contribution is 14.1. The summed E-state index contributed by atoms with van der Waals surface area (Å²) >= 11 is 1.72. The van der Waals surface area contributed by atoms with Crippen LogP contribution in [0.4, 0.5) is 4.39 Å². The van der Waals surface area contributed by atoms with E-state index in [1.807, 2.05) is 13.8 Å². The molecular weight excluding hydrogens is 322 g/mol. The van der Waals surface area contributed by atoms with Crippen LogP contribution in [-0.4, -0.2) is 23.9 Å². The fourth-order valence-electron chi connectivity index (χ4n) is 1.40. The Balaban J connectivity index is 2.47. The van der Waals surface area contributed by atoms with Crippen LogP contribution in [0.2, 0.25) is 0 Å². The smallest absolute Gasteiger partial charge is 0.177 e. The van der Waals surface area contributed by atoms with Crippen LogP contribution in [0.1, 0.15) is 25.5 Å². The Bertz CT molecular complexity index is 495. The Morgan fingerprint density at radius 3 is 2.81 bits per heavy atom. The molecule has 0 N–H and O–H groups in total. The molecule has 0 spiro atoms. The van der Waals surface area contributed by atoms with E-state index in [0.29, 0.717) is 17.1 Å². The van der Waals surface area contributed by atoms with Gasteiger partial charge in [0.05, 0.1) is 18.4 Å². The molecular formula is C10H12FIN4. The molecule has 0 saturated heterocycles. The number of alkyl halides is 2. The van der Waals surface area contributed by atoms with Crippen molar-refractivity contribution in [2.45, 2.75) is 30.5 Å². The second-order valence-electron chi connectivity index (χ2n) is 3.88. The van der Waals surface area contributed by atoms with Gasteiger partial charge >= 0.3 is 0 Å². The zero-order valence-electron chi connectivity index (χ0n) is 9.06. The SMILES string of the molecule is CC(C)c1cnc2cnn(CC(F)I)c2n1. The third-order valence-electron chi connectivity index (χ3n) is 2.27. The second kappa shape index (κ2) is 4.60. The van der Waals surface area contributed by atoms with Crippen molar-refractivity contribution < 1.29 is 4.39 Å². The van der Waals surface area contributed by atoms with Gasteiger partial charge in [-0.3, -0.25) is 0 Å². The van der Waals surface area contributed by atoms with Gasteiger partial charge in [0.2, 0.25) is 0 Å². The van der Waals surface area contributed by atoms with Crippen molar-refractivity contribution in [2.24, 2.45) is 0 Å². The average molecular weight is 334 g/mol. The summed E-state index contributed by atoms with van der Waals surface area (Å²) in [6, 6.07) is 0. The quantitative estimate of drug-likeness (QED) is 0.640. The second-order valence-corrected chi connectivity index (χ2v) is 5.23. The first-order chi connectivity index (χ1) is 7.58. The van der Waals surface area contributed by atoms with Crippen molar-refractivity contribution in [1.82, 2.24) is 19.7 Å². The molecule has 16 heavy (non-hydrogen) atoms. The van der Waals surface area contributed by atoms with Crippen molar-refractivity contribution in [3.05, 3.63) is 18.1 Å². The summed E-state index contributed by atoms with van der Waals surface area (Å²) in [5.41, 5.74) is 2.27. The van der Waals surface area contributed by atoms with Gasteiger partial charge in [0.15, 0.2) is 9.83 Å².